The molecule has 1 aliphatic rings. The molecule has 0 saturated carbocycles. The van der Waals surface area contributed by atoms with Crippen LogP contribution in [-0.2, 0) is 14.3 Å². The molecule has 1 rings (SSSR count). The topological polar surface area (TPSA) is 46.6 Å². The van der Waals surface area contributed by atoms with Crippen molar-refractivity contribution in [1.29, 1.82) is 0 Å². The van der Waals surface area contributed by atoms with E-state index in [1.54, 1.807) is 6.92 Å². The quantitative estimate of drug-likeness (QED) is 0.429. The highest BCUT2D eigenvalue weighted by Crippen LogP contribution is 2.19. The maximum atomic E-state index is 11.7. The van der Waals surface area contributed by atoms with Crippen LogP contribution in [0.3, 0.4) is 0 Å². The predicted octanol–water partition coefficient (Wildman–Crippen LogP) is 1.64. The third kappa shape index (κ3) is 4.58. The van der Waals surface area contributed by atoms with Gasteiger partial charge in [-0.15, -0.1) is 0 Å². The number of esters is 1. The van der Waals surface area contributed by atoms with Gasteiger partial charge in [0.2, 0.25) is 5.91 Å². The zero-order valence-corrected chi connectivity index (χ0v) is 11.2. The maximum absolute atomic E-state index is 11.7. The van der Waals surface area contributed by atoms with E-state index in [2.05, 4.69) is 12.6 Å². The molecule has 98 valence electrons. The highest BCUT2D eigenvalue weighted by atomic mass is 32.1. The van der Waals surface area contributed by atoms with Crippen LogP contribution in [-0.4, -0.2) is 41.7 Å². The number of hydrogen-bond donors (Lipinski definition) is 1. The van der Waals surface area contributed by atoms with Gasteiger partial charge in [-0.2, -0.15) is 12.6 Å². The van der Waals surface area contributed by atoms with Gasteiger partial charge in [-0.3, -0.25) is 9.59 Å². The van der Waals surface area contributed by atoms with E-state index in [-0.39, 0.29) is 17.9 Å². The number of likely N-dealkylation sites (tertiary alicyclic amines) is 1. The molecule has 0 bridgehead atoms. The summed E-state index contributed by atoms with van der Waals surface area (Å²) < 4.78 is 5.11. The molecule has 5 heteroatoms. The Balaban J connectivity index is 2.35. The molecule has 17 heavy (non-hydrogen) atoms. The molecular formula is C12H21NO3S. The van der Waals surface area contributed by atoms with Gasteiger partial charge in [0.25, 0.3) is 0 Å². The molecule has 1 unspecified atom stereocenters. The van der Waals surface area contributed by atoms with Crippen molar-refractivity contribution in [3.05, 3.63) is 0 Å². The Morgan fingerprint density at radius 1 is 1.53 bits per heavy atom. The van der Waals surface area contributed by atoms with Crippen molar-refractivity contribution in [3.63, 3.8) is 0 Å². The molecule has 1 aliphatic heterocycles. The molecule has 1 amide bonds. The standard InChI is InChI=1S/C12H21NO3S/c1-2-12(15)16-9-10-5-6-11(14)13(10)7-3-4-8-17/h10,17H,2-9H2,1H3. The molecular weight excluding hydrogens is 238 g/mol. The Morgan fingerprint density at radius 2 is 2.29 bits per heavy atom. The second-order valence-electron chi connectivity index (χ2n) is 4.25. The van der Waals surface area contributed by atoms with Crippen LogP contribution in [0, 0.1) is 0 Å². The molecule has 4 nitrogen and oxygen atoms in total. The van der Waals surface area contributed by atoms with Crippen LogP contribution >= 0.6 is 12.6 Å². The number of rotatable bonds is 7. The lowest BCUT2D eigenvalue weighted by Crippen LogP contribution is -2.37. The summed E-state index contributed by atoms with van der Waals surface area (Å²) in [7, 11) is 0. The smallest absolute Gasteiger partial charge is 0.305 e. The van der Waals surface area contributed by atoms with Gasteiger partial charge in [0, 0.05) is 19.4 Å². The average Bonchev–Trinajstić information content (AvgIpc) is 2.68. The Labute approximate surface area is 108 Å². The molecule has 1 atom stereocenters. The monoisotopic (exact) mass is 259 g/mol. The van der Waals surface area contributed by atoms with Gasteiger partial charge < -0.3 is 9.64 Å². The lowest BCUT2D eigenvalue weighted by Gasteiger charge is -2.24. The molecule has 1 fully saturated rings. The minimum atomic E-state index is -0.195. The van der Waals surface area contributed by atoms with Crippen LogP contribution in [0.15, 0.2) is 0 Å². The number of carbonyl (C=O) groups excluding carboxylic acids is 2. The Bertz CT molecular complexity index is 270. The van der Waals surface area contributed by atoms with Gasteiger partial charge in [0.1, 0.15) is 6.61 Å². The lowest BCUT2D eigenvalue weighted by atomic mass is 10.2. The van der Waals surface area contributed by atoms with Crippen molar-refractivity contribution >= 4 is 24.5 Å². The molecule has 0 radical (unpaired) electrons. The summed E-state index contributed by atoms with van der Waals surface area (Å²) >= 11 is 4.15. The van der Waals surface area contributed by atoms with Crippen LogP contribution in [0.25, 0.3) is 0 Å². The molecule has 0 aliphatic carbocycles. The summed E-state index contributed by atoms with van der Waals surface area (Å²) in [5.41, 5.74) is 0. The number of thiol groups is 1. The van der Waals surface area contributed by atoms with Crippen LogP contribution in [0.4, 0.5) is 0 Å². The van der Waals surface area contributed by atoms with Crippen molar-refractivity contribution in [2.75, 3.05) is 18.9 Å². The zero-order valence-electron chi connectivity index (χ0n) is 10.4. The highest BCUT2D eigenvalue weighted by Gasteiger charge is 2.30. The number of hydrogen-bond acceptors (Lipinski definition) is 4. The molecule has 1 heterocycles. The summed E-state index contributed by atoms with van der Waals surface area (Å²) in [5.74, 6) is 0.832. The second kappa shape index (κ2) is 7.58. The molecule has 0 N–H and O–H groups in total. The molecule has 0 aromatic carbocycles. The summed E-state index contributed by atoms with van der Waals surface area (Å²) in [6, 6.07) is 0.0814. The first-order valence-electron chi connectivity index (χ1n) is 6.25. The van der Waals surface area contributed by atoms with E-state index in [1.807, 2.05) is 4.90 Å². The minimum absolute atomic E-state index is 0.0814. The second-order valence-corrected chi connectivity index (χ2v) is 4.69. The molecule has 0 aromatic heterocycles. The summed E-state index contributed by atoms with van der Waals surface area (Å²) in [4.78, 5) is 24.6. The number of ether oxygens (including phenoxy) is 1. The number of nitrogens with zero attached hydrogens (tertiary/aromatic N) is 1. The van der Waals surface area contributed by atoms with Crippen molar-refractivity contribution in [2.24, 2.45) is 0 Å². The van der Waals surface area contributed by atoms with E-state index in [0.717, 1.165) is 31.6 Å². The lowest BCUT2D eigenvalue weighted by molar-refractivity contribution is -0.146. The van der Waals surface area contributed by atoms with E-state index >= 15 is 0 Å². The predicted molar refractivity (Wildman–Crippen MR) is 69.1 cm³/mol. The number of unbranched alkanes of at least 4 members (excludes halogenated alkanes) is 1. The first kappa shape index (κ1) is 14.4. The van der Waals surface area contributed by atoms with Crippen LogP contribution in [0.1, 0.15) is 39.0 Å². The first-order valence-corrected chi connectivity index (χ1v) is 6.88. The first-order chi connectivity index (χ1) is 8.19. The van der Waals surface area contributed by atoms with Gasteiger partial charge in [0.05, 0.1) is 6.04 Å². The van der Waals surface area contributed by atoms with Crippen molar-refractivity contribution in [3.8, 4) is 0 Å². The van der Waals surface area contributed by atoms with Gasteiger partial charge in [0.15, 0.2) is 0 Å². The summed E-state index contributed by atoms with van der Waals surface area (Å²) in [5, 5.41) is 0. The number of amides is 1. The Hall–Kier alpha value is -0.710. The van der Waals surface area contributed by atoms with E-state index < -0.39 is 0 Å². The fraction of sp³-hybridized carbons (Fsp3) is 0.833. The average molecular weight is 259 g/mol. The Kier molecular flexibility index (Phi) is 6.40. The molecule has 1 saturated heterocycles. The van der Waals surface area contributed by atoms with Gasteiger partial charge in [-0.05, 0) is 25.0 Å². The zero-order chi connectivity index (χ0) is 12.7. The highest BCUT2D eigenvalue weighted by molar-refractivity contribution is 7.80. The van der Waals surface area contributed by atoms with Crippen molar-refractivity contribution in [2.45, 2.75) is 45.1 Å². The van der Waals surface area contributed by atoms with Crippen molar-refractivity contribution in [1.82, 2.24) is 4.90 Å². The van der Waals surface area contributed by atoms with E-state index in [4.69, 9.17) is 4.74 Å². The van der Waals surface area contributed by atoms with Crippen molar-refractivity contribution < 1.29 is 14.3 Å². The summed E-state index contributed by atoms with van der Waals surface area (Å²) in [6.07, 6.45) is 3.74. The largest absolute Gasteiger partial charge is 0.463 e. The number of carbonyl (C=O) groups is 2. The Morgan fingerprint density at radius 3 is 2.94 bits per heavy atom. The fourth-order valence-corrected chi connectivity index (χ4v) is 2.18. The van der Waals surface area contributed by atoms with Crippen LogP contribution in [0.5, 0.6) is 0 Å². The van der Waals surface area contributed by atoms with Gasteiger partial charge >= 0.3 is 5.97 Å². The van der Waals surface area contributed by atoms with E-state index in [9.17, 15) is 9.59 Å². The minimum Gasteiger partial charge on any atom is -0.463 e. The molecule has 0 spiro atoms. The normalized spacial score (nSPS) is 19.8. The third-order valence-electron chi connectivity index (χ3n) is 2.99. The van der Waals surface area contributed by atoms with Crippen LogP contribution in [0.2, 0.25) is 0 Å². The fourth-order valence-electron chi connectivity index (χ4n) is 1.96. The SMILES string of the molecule is CCC(=O)OCC1CCC(=O)N1CCCCS. The third-order valence-corrected chi connectivity index (χ3v) is 3.30. The maximum Gasteiger partial charge on any atom is 0.305 e. The van der Waals surface area contributed by atoms with Crippen LogP contribution < -0.4 is 0 Å². The van der Waals surface area contributed by atoms with E-state index in [1.165, 1.54) is 0 Å². The van der Waals surface area contributed by atoms with E-state index in [0.29, 0.717) is 19.4 Å². The summed E-state index contributed by atoms with van der Waals surface area (Å²) in [6.45, 7) is 2.87. The van der Waals surface area contributed by atoms with Gasteiger partial charge in [-0.25, -0.2) is 0 Å². The van der Waals surface area contributed by atoms with Gasteiger partial charge in [-0.1, -0.05) is 6.92 Å². The molecule has 0 aromatic rings.